The van der Waals surface area contributed by atoms with E-state index in [1.54, 1.807) is 18.2 Å². The van der Waals surface area contributed by atoms with Crippen molar-refractivity contribution in [3.05, 3.63) is 56.4 Å². The van der Waals surface area contributed by atoms with Crippen LogP contribution in [0.4, 0.5) is 5.69 Å². The summed E-state index contributed by atoms with van der Waals surface area (Å²) in [5.41, 5.74) is 2.29. The average molecular weight is 429 g/mol. The number of aromatic amines is 1. The monoisotopic (exact) mass is 428 g/mol. The van der Waals surface area contributed by atoms with E-state index < -0.39 is 0 Å². The van der Waals surface area contributed by atoms with Gasteiger partial charge in [0.05, 0.1) is 5.39 Å². The normalized spacial score (nSPS) is 10.9. The topological polar surface area (TPSA) is 113 Å². The van der Waals surface area contributed by atoms with Crippen LogP contribution in [0.25, 0.3) is 10.2 Å². The Morgan fingerprint density at radius 1 is 1.23 bits per heavy atom. The standard InChI is InChI=1S/C21H24N4O4S/c1-12-13(2)30-21-19(12)20(28)24-16(25-21)7-8-17(26)22-10-14-5-4-6-15(9-14)23-18(27)11-29-3/h4-6,9H,7-8,10-11H2,1-3H3,(H,22,26)(H,23,27)(H,24,25,28). The Kier molecular flexibility index (Phi) is 6.96. The zero-order chi connectivity index (χ0) is 21.7. The van der Waals surface area contributed by atoms with Crippen molar-refractivity contribution in [1.82, 2.24) is 15.3 Å². The van der Waals surface area contributed by atoms with Gasteiger partial charge in [-0.1, -0.05) is 12.1 Å². The third-order valence-electron chi connectivity index (χ3n) is 4.65. The summed E-state index contributed by atoms with van der Waals surface area (Å²) >= 11 is 1.49. The van der Waals surface area contributed by atoms with Gasteiger partial charge in [0.25, 0.3) is 5.56 Å². The number of benzene rings is 1. The molecule has 0 aliphatic heterocycles. The number of carbonyl (C=O) groups is 2. The number of hydrogen-bond donors (Lipinski definition) is 3. The summed E-state index contributed by atoms with van der Waals surface area (Å²) in [5.74, 6) is 0.116. The Hall–Kier alpha value is -3.04. The molecule has 3 N–H and O–H groups in total. The Morgan fingerprint density at radius 2 is 2.03 bits per heavy atom. The quantitative estimate of drug-likeness (QED) is 0.510. The number of aromatic nitrogens is 2. The number of nitrogens with one attached hydrogen (secondary N) is 3. The highest BCUT2D eigenvalue weighted by molar-refractivity contribution is 7.18. The molecule has 0 radical (unpaired) electrons. The van der Waals surface area contributed by atoms with Gasteiger partial charge in [-0.2, -0.15) is 0 Å². The fourth-order valence-corrected chi connectivity index (χ4v) is 4.07. The van der Waals surface area contributed by atoms with E-state index in [0.717, 1.165) is 16.0 Å². The van der Waals surface area contributed by atoms with Crippen LogP contribution in [0, 0.1) is 13.8 Å². The van der Waals surface area contributed by atoms with E-state index in [-0.39, 0.29) is 30.4 Å². The van der Waals surface area contributed by atoms with Crippen molar-refractivity contribution in [2.24, 2.45) is 0 Å². The van der Waals surface area contributed by atoms with E-state index >= 15 is 0 Å². The van der Waals surface area contributed by atoms with E-state index in [9.17, 15) is 14.4 Å². The van der Waals surface area contributed by atoms with Gasteiger partial charge in [0, 0.05) is 37.1 Å². The number of rotatable bonds is 8. The average Bonchev–Trinajstić information content (AvgIpc) is 2.99. The Morgan fingerprint density at radius 3 is 2.80 bits per heavy atom. The molecule has 0 saturated heterocycles. The zero-order valence-electron chi connectivity index (χ0n) is 17.1. The van der Waals surface area contributed by atoms with Crippen molar-refractivity contribution in [2.45, 2.75) is 33.2 Å². The Labute approximate surface area is 177 Å². The van der Waals surface area contributed by atoms with Crippen LogP contribution in [-0.4, -0.2) is 35.5 Å². The number of amides is 2. The van der Waals surface area contributed by atoms with Crippen molar-refractivity contribution < 1.29 is 14.3 Å². The van der Waals surface area contributed by atoms with Crippen molar-refractivity contribution in [3.63, 3.8) is 0 Å². The molecule has 2 heterocycles. The number of carbonyl (C=O) groups excluding carboxylic acids is 2. The first-order chi connectivity index (χ1) is 14.4. The Balaban J connectivity index is 1.55. The number of aryl methyl sites for hydroxylation is 3. The lowest BCUT2D eigenvalue weighted by Gasteiger charge is -2.08. The van der Waals surface area contributed by atoms with Crippen molar-refractivity contribution in [2.75, 3.05) is 19.0 Å². The molecule has 0 saturated carbocycles. The number of ether oxygens (including phenoxy) is 1. The van der Waals surface area contributed by atoms with Crippen LogP contribution in [0.1, 0.15) is 28.2 Å². The second-order valence-electron chi connectivity index (χ2n) is 6.93. The molecule has 0 aliphatic carbocycles. The van der Waals surface area contributed by atoms with Gasteiger partial charge in [-0.05, 0) is 37.1 Å². The summed E-state index contributed by atoms with van der Waals surface area (Å²) in [7, 11) is 1.46. The smallest absolute Gasteiger partial charge is 0.259 e. The molecule has 0 fully saturated rings. The van der Waals surface area contributed by atoms with Crippen molar-refractivity contribution >= 4 is 39.1 Å². The zero-order valence-corrected chi connectivity index (χ0v) is 17.9. The largest absolute Gasteiger partial charge is 0.375 e. The summed E-state index contributed by atoms with van der Waals surface area (Å²) in [4.78, 5) is 45.2. The maximum absolute atomic E-state index is 12.3. The molecule has 3 rings (SSSR count). The first-order valence-corrected chi connectivity index (χ1v) is 10.3. The van der Waals surface area contributed by atoms with E-state index in [4.69, 9.17) is 4.74 Å². The maximum atomic E-state index is 12.3. The number of thiophene rings is 1. The molecule has 0 atom stereocenters. The predicted molar refractivity (Wildman–Crippen MR) is 117 cm³/mol. The fraction of sp³-hybridized carbons (Fsp3) is 0.333. The van der Waals surface area contributed by atoms with Crippen LogP contribution in [-0.2, 0) is 27.3 Å². The van der Waals surface area contributed by atoms with Gasteiger partial charge in [0.1, 0.15) is 17.3 Å². The molecular weight excluding hydrogens is 404 g/mol. The fourth-order valence-electron chi connectivity index (χ4n) is 3.03. The molecule has 9 heteroatoms. The molecule has 0 bridgehead atoms. The maximum Gasteiger partial charge on any atom is 0.259 e. The minimum absolute atomic E-state index is 0.0203. The molecule has 0 unspecified atom stereocenters. The first kappa shape index (κ1) is 21.7. The van der Waals surface area contributed by atoms with Crippen LogP contribution in [0.5, 0.6) is 0 Å². The molecular formula is C21H24N4O4S. The molecule has 1 aromatic carbocycles. The molecule has 30 heavy (non-hydrogen) atoms. The lowest BCUT2D eigenvalue weighted by atomic mass is 10.2. The van der Waals surface area contributed by atoms with Gasteiger partial charge in [0.15, 0.2) is 0 Å². The van der Waals surface area contributed by atoms with Crippen LogP contribution in [0.3, 0.4) is 0 Å². The molecule has 2 aromatic heterocycles. The molecule has 8 nitrogen and oxygen atoms in total. The summed E-state index contributed by atoms with van der Waals surface area (Å²) in [6.07, 6.45) is 0.558. The molecule has 0 aliphatic rings. The molecule has 0 spiro atoms. The van der Waals surface area contributed by atoms with E-state index in [1.165, 1.54) is 18.4 Å². The highest BCUT2D eigenvalue weighted by Gasteiger charge is 2.12. The second kappa shape index (κ2) is 9.64. The van der Waals surface area contributed by atoms with Gasteiger partial charge < -0.3 is 20.4 Å². The highest BCUT2D eigenvalue weighted by atomic mass is 32.1. The number of methoxy groups -OCH3 is 1. The minimum atomic E-state index is -0.242. The number of H-pyrrole nitrogens is 1. The second-order valence-corrected chi connectivity index (χ2v) is 8.14. The van der Waals surface area contributed by atoms with Crippen molar-refractivity contribution in [3.8, 4) is 0 Å². The number of nitrogens with zero attached hydrogens (tertiary/aromatic N) is 1. The number of anilines is 1. The summed E-state index contributed by atoms with van der Waals surface area (Å²) in [6, 6.07) is 7.23. The van der Waals surface area contributed by atoms with E-state index in [2.05, 4.69) is 20.6 Å². The van der Waals surface area contributed by atoms with Gasteiger partial charge in [-0.25, -0.2) is 4.98 Å². The first-order valence-electron chi connectivity index (χ1n) is 9.50. The third kappa shape index (κ3) is 5.31. The van der Waals surface area contributed by atoms with Crippen LogP contribution >= 0.6 is 11.3 Å². The van der Waals surface area contributed by atoms with E-state index in [0.29, 0.717) is 34.7 Å². The summed E-state index contributed by atoms with van der Waals surface area (Å²) in [6.45, 7) is 4.19. The van der Waals surface area contributed by atoms with Crippen molar-refractivity contribution in [1.29, 1.82) is 0 Å². The lowest BCUT2D eigenvalue weighted by Crippen LogP contribution is -2.24. The third-order valence-corrected chi connectivity index (χ3v) is 5.75. The SMILES string of the molecule is COCC(=O)Nc1cccc(CNC(=O)CCc2nc3sc(C)c(C)c3c(=O)[nH]2)c1. The summed E-state index contributed by atoms with van der Waals surface area (Å²) in [5, 5.41) is 6.20. The minimum Gasteiger partial charge on any atom is -0.375 e. The lowest BCUT2D eigenvalue weighted by molar-refractivity contribution is -0.121. The Bertz CT molecular complexity index is 1140. The molecule has 158 valence electrons. The van der Waals surface area contributed by atoms with Crippen LogP contribution < -0.4 is 16.2 Å². The van der Waals surface area contributed by atoms with Gasteiger partial charge in [-0.15, -0.1) is 11.3 Å². The van der Waals surface area contributed by atoms with E-state index in [1.807, 2.05) is 19.9 Å². The van der Waals surface area contributed by atoms with Crippen LogP contribution in [0.15, 0.2) is 29.1 Å². The van der Waals surface area contributed by atoms with Crippen LogP contribution in [0.2, 0.25) is 0 Å². The number of fused-ring (bicyclic) bond motifs is 1. The predicted octanol–water partition coefficient (Wildman–Crippen LogP) is 2.44. The molecule has 2 amide bonds. The summed E-state index contributed by atoms with van der Waals surface area (Å²) < 4.78 is 4.79. The molecule has 3 aromatic rings. The highest BCUT2D eigenvalue weighted by Crippen LogP contribution is 2.25. The number of hydrogen-bond acceptors (Lipinski definition) is 6. The van der Waals surface area contributed by atoms with Gasteiger partial charge in [-0.3, -0.25) is 14.4 Å². The van der Waals surface area contributed by atoms with Gasteiger partial charge >= 0.3 is 0 Å². The van der Waals surface area contributed by atoms with Gasteiger partial charge in [0.2, 0.25) is 11.8 Å².